The fourth-order valence-corrected chi connectivity index (χ4v) is 0.447. The van der Waals surface area contributed by atoms with E-state index in [-0.39, 0.29) is 12.8 Å². The second-order valence-corrected chi connectivity index (χ2v) is 3.67. The van der Waals surface area contributed by atoms with Gasteiger partial charge in [-0.2, -0.15) is 0 Å². The van der Waals surface area contributed by atoms with E-state index in [1.807, 2.05) is 20.8 Å². The van der Waals surface area contributed by atoms with E-state index in [0.717, 1.165) is 0 Å². The lowest BCUT2D eigenvalue weighted by molar-refractivity contribution is -0.159. The van der Waals surface area contributed by atoms with Crippen molar-refractivity contribution in [3.63, 3.8) is 0 Å². The fraction of sp³-hybridized carbons (Fsp3) is 0.833. The Morgan fingerprint density at radius 1 is 1.50 bits per heavy atom. The summed E-state index contributed by atoms with van der Waals surface area (Å²) in [5, 5.41) is 0. The predicted octanol–water partition coefficient (Wildman–Crippen LogP) is -0.170. The molecule has 0 bridgehead atoms. The molecule has 10 heavy (non-hydrogen) atoms. The van der Waals surface area contributed by atoms with Gasteiger partial charge in [0.25, 0.3) is 0 Å². The molecule has 0 saturated carbocycles. The van der Waals surface area contributed by atoms with Crippen molar-refractivity contribution in [1.29, 1.82) is 0 Å². The van der Waals surface area contributed by atoms with Gasteiger partial charge in [0.15, 0.2) is 6.79 Å². The summed E-state index contributed by atoms with van der Waals surface area (Å²) in [6, 6.07) is 0. The van der Waals surface area contributed by atoms with Gasteiger partial charge in [0, 0.05) is 0 Å². The Hall–Kier alpha value is -0.353. The average molecular weight is 162 g/mol. The highest BCUT2D eigenvalue weighted by Crippen LogP contribution is 2.14. The smallest absolute Gasteiger partial charge is 0.313 e. The zero-order valence-electron chi connectivity index (χ0n) is 6.93. The van der Waals surface area contributed by atoms with Gasteiger partial charge in [0.1, 0.15) is 10.5 Å². The van der Waals surface area contributed by atoms with Crippen molar-refractivity contribution in [3.05, 3.63) is 0 Å². The van der Waals surface area contributed by atoms with Crippen LogP contribution in [0, 0.1) is 5.41 Å². The number of ether oxygens (including phenoxy) is 1. The molecule has 0 radical (unpaired) electrons. The highest BCUT2D eigenvalue weighted by molar-refractivity contribution is 5.97. The summed E-state index contributed by atoms with van der Waals surface area (Å²) in [6.07, 6.45) is 0. The average Bonchev–Trinajstić information content (AvgIpc) is 1.80. The van der Waals surface area contributed by atoms with Gasteiger partial charge in [0.2, 0.25) is 0 Å². The summed E-state index contributed by atoms with van der Waals surface area (Å²) >= 11 is 0. The van der Waals surface area contributed by atoms with Gasteiger partial charge >= 0.3 is 5.97 Å². The van der Waals surface area contributed by atoms with Crippen molar-refractivity contribution < 1.29 is 14.0 Å². The normalized spacial score (nSPS) is 11.5. The number of esters is 1. The van der Waals surface area contributed by atoms with Crippen molar-refractivity contribution in [2.24, 2.45) is 5.41 Å². The van der Waals surface area contributed by atoms with Crippen molar-refractivity contribution in [2.45, 2.75) is 20.8 Å². The standard InChI is InChI=1S/C6H14O3Si/c1-6(2,3)5(7)8-4-9-10/h4H2,1-3,10H3. The molecule has 0 aliphatic heterocycles. The van der Waals surface area contributed by atoms with E-state index in [1.54, 1.807) is 0 Å². The molecule has 0 atom stereocenters. The summed E-state index contributed by atoms with van der Waals surface area (Å²) in [5.74, 6) is -0.219. The second kappa shape index (κ2) is 3.73. The zero-order chi connectivity index (χ0) is 8.20. The lowest BCUT2D eigenvalue weighted by Gasteiger charge is -2.15. The van der Waals surface area contributed by atoms with Gasteiger partial charge in [-0.15, -0.1) is 0 Å². The van der Waals surface area contributed by atoms with Crippen LogP contribution < -0.4 is 0 Å². The van der Waals surface area contributed by atoms with Crippen LogP contribution in [-0.2, 0) is 14.0 Å². The number of rotatable bonds is 2. The third kappa shape index (κ3) is 3.63. The molecule has 0 aromatic carbocycles. The minimum atomic E-state index is -0.417. The monoisotopic (exact) mass is 162 g/mol. The van der Waals surface area contributed by atoms with Crippen LogP contribution in [-0.4, -0.2) is 23.2 Å². The van der Waals surface area contributed by atoms with E-state index in [4.69, 9.17) is 9.16 Å². The molecule has 0 N–H and O–H groups in total. The number of hydrogen-bond donors (Lipinski definition) is 0. The number of hydrogen-bond acceptors (Lipinski definition) is 3. The van der Waals surface area contributed by atoms with Crippen molar-refractivity contribution in [1.82, 2.24) is 0 Å². The topological polar surface area (TPSA) is 35.5 Å². The van der Waals surface area contributed by atoms with Crippen LogP contribution in [0.1, 0.15) is 20.8 Å². The molecule has 0 amide bonds. The molecule has 60 valence electrons. The lowest BCUT2D eigenvalue weighted by Crippen LogP contribution is -2.23. The molecule has 0 fully saturated rings. The quantitative estimate of drug-likeness (QED) is 0.321. The highest BCUT2D eigenvalue weighted by atomic mass is 28.2. The molecule has 0 heterocycles. The predicted molar refractivity (Wildman–Crippen MR) is 41.4 cm³/mol. The molecule has 4 heteroatoms. The first kappa shape index (κ1) is 9.65. The molecule has 0 aromatic rings. The lowest BCUT2D eigenvalue weighted by atomic mass is 9.98. The third-order valence-electron chi connectivity index (χ3n) is 0.920. The van der Waals surface area contributed by atoms with Gasteiger partial charge in [-0.05, 0) is 20.8 Å². The first-order chi connectivity index (χ1) is 4.48. The van der Waals surface area contributed by atoms with Gasteiger partial charge in [-0.25, -0.2) is 0 Å². The summed E-state index contributed by atoms with van der Waals surface area (Å²) in [4.78, 5) is 10.9. The van der Waals surface area contributed by atoms with Crippen LogP contribution in [0.3, 0.4) is 0 Å². The maximum absolute atomic E-state index is 10.9. The van der Waals surface area contributed by atoms with Crippen molar-refractivity contribution in [2.75, 3.05) is 6.79 Å². The van der Waals surface area contributed by atoms with Crippen LogP contribution in [0.2, 0.25) is 0 Å². The zero-order valence-corrected chi connectivity index (χ0v) is 8.93. The minimum absolute atomic E-state index is 0.0995. The van der Waals surface area contributed by atoms with E-state index < -0.39 is 5.41 Å². The Morgan fingerprint density at radius 3 is 2.30 bits per heavy atom. The molecule has 3 nitrogen and oxygen atoms in total. The molecular weight excluding hydrogens is 148 g/mol. The highest BCUT2D eigenvalue weighted by Gasteiger charge is 2.22. The van der Waals surface area contributed by atoms with Crippen LogP contribution in [0.4, 0.5) is 0 Å². The van der Waals surface area contributed by atoms with E-state index >= 15 is 0 Å². The molecule has 0 aliphatic rings. The van der Waals surface area contributed by atoms with E-state index in [2.05, 4.69) is 0 Å². The van der Waals surface area contributed by atoms with E-state index in [0.29, 0.717) is 10.5 Å². The minimum Gasteiger partial charge on any atom is -0.439 e. The first-order valence-electron chi connectivity index (χ1n) is 3.14. The Labute approximate surface area is 64.2 Å². The largest absolute Gasteiger partial charge is 0.439 e. The van der Waals surface area contributed by atoms with Gasteiger partial charge in [-0.3, -0.25) is 4.79 Å². The Balaban J connectivity index is 3.64. The number of carbonyl (C=O) groups excluding carboxylic acids is 1. The molecule has 0 spiro atoms. The van der Waals surface area contributed by atoms with Gasteiger partial charge < -0.3 is 9.16 Å². The summed E-state index contributed by atoms with van der Waals surface area (Å²) in [7, 11) is 0.604. The van der Waals surface area contributed by atoms with Crippen LogP contribution in [0.15, 0.2) is 0 Å². The van der Waals surface area contributed by atoms with Crippen LogP contribution in [0.25, 0.3) is 0 Å². The van der Waals surface area contributed by atoms with Gasteiger partial charge in [-0.1, -0.05) is 0 Å². The number of carbonyl (C=O) groups is 1. The molecule has 0 aliphatic carbocycles. The molecule has 0 saturated heterocycles. The molecule has 0 aromatic heterocycles. The maximum Gasteiger partial charge on any atom is 0.313 e. The summed E-state index contributed by atoms with van der Waals surface area (Å²) in [5.41, 5.74) is -0.417. The fourth-order valence-electron chi connectivity index (χ4n) is 0.329. The van der Waals surface area contributed by atoms with Crippen molar-refractivity contribution >= 4 is 16.5 Å². The molecular formula is C6H14O3Si. The van der Waals surface area contributed by atoms with Crippen molar-refractivity contribution in [3.8, 4) is 0 Å². The Morgan fingerprint density at radius 2 is 2.00 bits per heavy atom. The van der Waals surface area contributed by atoms with E-state index in [9.17, 15) is 4.79 Å². The summed E-state index contributed by atoms with van der Waals surface area (Å²) < 4.78 is 9.43. The maximum atomic E-state index is 10.9. The van der Waals surface area contributed by atoms with Crippen LogP contribution in [0.5, 0.6) is 0 Å². The first-order valence-corrected chi connectivity index (χ1v) is 3.96. The van der Waals surface area contributed by atoms with Gasteiger partial charge in [0.05, 0.1) is 5.41 Å². The molecule has 0 unspecified atom stereocenters. The Kier molecular flexibility index (Phi) is 3.60. The third-order valence-corrected chi connectivity index (χ3v) is 1.16. The Bertz CT molecular complexity index is 117. The SMILES string of the molecule is CC(C)(C)C(=O)OCO[SiH3]. The summed E-state index contributed by atoms with van der Waals surface area (Å²) in [6.45, 7) is 5.52. The van der Waals surface area contributed by atoms with E-state index in [1.165, 1.54) is 0 Å². The molecule has 0 rings (SSSR count). The van der Waals surface area contributed by atoms with Crippen LogP contribution >= 0.6 is 0 Å². The second-order valence-electron chi connectivity index (χ2n) is 3.09.